The van der Waals surface area contributed by atoms with Crippen LogP contribution < -0.4 is 5.32 Å². The first-order valence-corrected chi connectivity index (χ1v) is 9.02. The molecule has 0 bridgehead atoms. The Bertz CT molecular complexity index is 915. The molecular formula is C18H14BrClFN3O2. The fraction of sp³-hybridized carbons (Fsp3) is 0.167. The fourth-order valence-corrected chi connectivity index (χ4v) is 3.00. The number of aromatic nitrogens is 2. The van der Waals surface area contributed by atoms with Crippen molar-refractivity contribution in [3.63, 3.8) is 0 Å². The molecule has 0 unspecified atom stereocenters. The Morgan fingerprint density at radius 2 is 2.00 bits per heavy atom. The Hall–Kier alpha value is -2.25. The molecule has 0 aliphatic carbocycles. The van der Waals surface area contributed by atoms with Crippen molar-refractivity contribution in [2.75, 3.05) is 5.32 Å². The normalized spacial score (nSPS) is 10.7. The molecule has 3 rings (SSSR count). The summed E-state index contributed by atoms with van der Waals surface area (Å²) in [6.45, 7) is 0. The number of benzene rings is 2. The predicted molar refractivity (Wildman–Crippen MR) is 100 cm³/mol. The number of aryl methyl sites for hydroxylation is 1. The molecule has 1 amide bonds. The summed E-state index contributed by atoms with van der Waals surface area (Å²) in [6.07, 6.45) is 1.31. The van der Waals surface area contributed by atoms with Gasteiger partial charge in [0.15, 0.2) is 0 Å². The summed E-state index contributed by atoms with van der Waals surface area (Å²) in [7, 11) is 0. The number of nitrogens with one attached hydrogen (secondary N) is 1. The number of amides is 1. The van der Waals surface area contributed by atoms with Crippen LogP contribution in [0.4, 0.5) is 10.1 Å². The number of carbonyl (C=O) groups excluding carboxylic acids is 1. The number of halogens is 3. The lowest BCUT2D eigenvalue weighted by Gasteiger charge is -2.07. The number of nitrogens with zero attached hydrogens (tertiary/aromatic N) is 2. The minimum atomic E-state index is -0.325. The van der Waals surface area contributed by atoms with Gasteiger partial charge in [0.25, 0.3) is 0 Å². The molecule has 1 aromatic heterocycles. The zero-order valence-electron chi connectivity index (χ0n) is 13.5. The van der Waals surface area contributed by atoms with Crippen LogP contribution in [0, 0.1) is 5.82 Å². The van der Waals surface area contributed by atoms with Crippen molar-refractivity contribution in [2.24, 2.45) is 0 Å². The maximum atomic E-state index is 12.9. The largest absolute Gasteiger partial charge is 0.339 e. The van der Waals surface area contributed by atoms with Gasteiger partial charge in [-0.3, -0.25) is 4.79 Å². The first-order chi connectivity index (χ1) is 12.5. The lowest BCUT2D eigenvalue weighted by atomic mass is 10.2. The van der Waals surface area contributed by atoms with Crippen molar-refractivity contribution in [3.05, 3.63) is 63.7 Å². The van der Waals surface area contributed by atoms with Crippen molar-refractivity contribution in [3.8, 4) is 11.4 Å². The highest BCUT2D eigenvalue weighted by Gasteiger charge is 2.11. The van der Waals surface area contributed by atoms with E-state index in [1.54, 1.807) is 30.3 Å². The van der Waals surface area contributed by atoms with Crippen LogP contribution in [0.3, 0.4) is 0 Å². The van der Waals surface area contributed by atoms with E-state index >= 15 is 0 Å². The first-order valence-electron chi connectivity index (χ1n) is 7.85. The van der Waals surface area contributed by atoms with Gasteiger partial charge in [-0.1, -0.05) is 32.7 Å². The summed E-state index contributed by atoms with van der Waals surface area (Å²) in [5.74, 6) is 0.353. The van der Waals surface area contributed by atoms with Gasteiger partial charge >= 0.3 is 0 Å². The van der Waals surface area contributed by atoms with Gasteiger partial charge in [0.2, 0.25) is 17.6 Å². The van der Waals surface area contributed by atoms with E-state index in [2.05, 4.69) is 31.4 Å². The number of hydrogen-bond donors (Lipinski definition) is 1. The van der Waals surface area contributed by atoms with Gasteiger partial charge in [-0.05, 0) is 48.9 Å². The molecule has 1 heterocycles. The second kappa shape index (κ2) is 8.42. The zero-order valence-corrected chi connectivity index (χ0v) is 15.8. The van der Waals surface area contributed by atoms with Crippen LogP contribution in [0.2, 0.25) is 5.02 Å². The van der Waals surface area contributed by atoms with Crippen molar-refractivity contribution in [2.45, 2.75) is 19.3 Å². The Morgan fingerprint density at radius 3 is 2.73 bits per heavy atom. The number of hydrogen-bond acceptors (Lipinski definition) is 4. The quantitative estimate of drug-likeness (QED) is 0.570. The van der Waals surface area contributed by atoms with Gasteiger partial charge in [-0.2, -0.15) is 4.98 Å². The SMILES string of the molecule is O=C(CCCc1nc(-c2ccc(F)cc2)no1)Nc1ccc(Br)cc1Cl. The monoisotopic (exact) mass is 437 g/mol. The average Bonchev–Trinajstić information content (AvgIpc) is 3.07. The summed E-state index contributed by atoms with van der Waals surface area (Å²) < 4.78 is 18.9. The van der Waals surface area contributed by atoms with E-state index in [0.717, 1.165) is 4.47 Å². The summed E-state index contributed by atoms with van der Waals surface area (Å²) >= 11 is 9.39. The third-order valence-corrected chi connectivity index (χ3v) is 4.38. The molecule has 2 aromatic carbocycles. The predicted octanol–water partition coefficient (Wildman–Crippen LogP) is 5.25. The molecule has 26 heavy (non-hydrogen) atoms. The van der Waals surface area contributed by atoms with Gasteiger partial charge in [0.1, 0.15) is 5.82 Å². The third kappa shape index (κ3) is 4.89. The molecule has 0 saturated carbocycles. The fourth-order valence-electron chi connectivity index (χ4n) is 2.28. The van der Waals surface area contributed by atoms with Crippen LogP contribution in [0.15, 0.2) is 51.5 Å². The molecule has 0 atom stereocenters. The van der Waals surface area contributed by atoms with E-state index in [4.69, 9.17) is 16.1 Å². The smallest absolute Gasteiger partial charge is 0.226 e. The van der Waals surface area contributed by atoms with E-state index in [0.29, 0.717) is 47.3 Å². The Kier molecular flexibility index (Phi) is 6.00. The highest BCUT2D eigenvalue weighted by Crippen LogP contribution is 2.25. The highest BCUT2D eigenvalue weighted by molar-refractivity contribution is 9.10. The molecular weight excluding hydrogens is 425 g/mol. The molecule has 0 spiro atoms. The molecule has 3 aromatic rings. The van der Waals surface area contributed by atoms with Crippen molar-refractivity contribution in [1.29, 1.82) is 0 Å². The first kappa shape index (κ1) is 18.5. The second-order valence-corrected chi connectivity index (χ2v) is 6.87. The Balaban J connectivity index is 1.50. The highest BCUT2D eigenvalue weighted by atomic mass is 79.9. The summed E-state index contributed by atoms with van der Waals surface area (Å²) in [6, 6.07) is 11.1. The molecule has 5 nitrogen and oxygen atoms in total. The number of rotatable bonds is 6. The maximum Gasteiger partial charge on any atom is 0.226 e. The van der Waals surface area contributed by atoms with E-state index in [1.807, 2.05) is 0 Å². The summed E-state index contributed by atoms with van der Waals surface area (Å²) in [4.78, 5) is 16.3. The van der Waals surface area contributed by atoms with Gasteiger partial charge < -0.3 is 9.84 Å². The molecule has 0 fully saturated rings. The number of anilines is 1. The molecule has 8 heteroatoms. The maximum absolute atomic E-state index is 12.9. The van der Waals surface area contributed by atoms with Gasteiger partial charge in [-0.15, -0.1) is 0 Å². The lowest BCUT2D eigenvalue weighted by molar-refractivity contribution is -0.116. The topological polar surface area (TPSA) is 68.0 Å². The van der Waals surface area contributed by atoms with Gasteiger partial charge in [0.05, 0.1) is 10.7 Å². The second-order valence-electron chi connectivity index (χ2n) is 5.54. The van der Waals surface area contributed by atoms with Crippen molar-refractivity contribution < 1.29 is 13.7 Å². The lowest BCUT2D eigenvalue weighted by Crippen LogP contribution is -2.11. The molecule has 0 radical (unpaired) electrons. The molecule has 0 saturated heterocycles. The van der Waals surface area contributed by atoms with Crippen LogP contribution >= 0.6 is 27.5 Å². The summed E-state index contributed by atoms with van der Waals surface area (Å²) in [5, 5.41) is 7.10. The zero-order chi connectivity index (χ0) is 18.5. The minimum Gasteiger partial charge on any atom is -0.339 e. The standard InChI is InChI=1S/C18H14BrClFN3O2/c19-12-6-9-15(14(20)10-12)22-16(25)2-1-3-17-23-18(24-26-17)11-4-7-13(21)8-5-11/h4-10H,1-3H2,(H,22,25). The van der Waals surface area contributed by atoms with E-state index in [-0.39, 0.29) is 11.7 Å². The molecule has 1 N–H and O–H groups in total. The third-order valence-electron chi connectivity index (χ3n) is 3.57. The van der Waals surface area contributed by atoms with Crippen LogP contribution in [0.25, 0.3) is 11.4 Å². The Morgan fingerprint density at radius 1 is 1.23 bits per heavy atom. The molecule has 0 aliphatic heterocycles. The van der Waals surface area contributed by atoms with E-state index in [9.17, 15) is 9.18 Å². The number of carbonyl (C=O) groups is 1. The van der Waals surface area contributed by atoms with Gasteiger partial charge in [0, 0.05) is 22.9 Å². The van der Waals surface area contributed by atoms with Crippen LogP contribution in [0.1, 0.15) is 18.7 Å². The molecule has 134 valence electrons. The Labute approximate surface area is 162 Å². The van der Waals surface area contributed by atoms with Crippen LogP contribution in [0.5, 0.6) is 0 Å². The van der Waals surface area contributed by atoms with E-state index in [1.165, 1.54) is 12.1 Å². The average molecular weight is 439 g/mol. The summed E-state index contributed by atoms with van der Waals surface area (Å²) in [5.41, 5.74) is 1.24. The van der Waals surface area contributed by atoms with Crippen LogP contribution in [-0.2, 0) is 11.2 Å². The minimum absolute atomic E-state index is 0.146. The molecule has 0 aliphatic rings. The van der Waals surface area contributed by atoms with Crippen molar-refractivity contribution in [1.82, 2.24) is 10.1 Å². The van der Waals surface area contributed by atoms with Gasteiger partial charge in [-0.25, -0.2) is 4.39 Å². The van der Waals surface area contributed by atoms with Crippen molar-refractivity contribution >= 4 is 39.1 Å². The van der Waals surface area contributed by atoms with Crippen LogP contribution in [-0.4, -0.2) is 16.0 Å². The van der Waals surface area contributed by atoms with E-state index < -0.39 is 0 Å².